The third-order valence-electron chi connectivity index (χ3n) is 3.20. The molecule has 0 saturated carbocycles. The molecule has 0 heterocycles. The first kappa shape index (κ1) is 14.7. The number of benzene rings is 2. The molecule has 1 N–H and O–H groups in total. The lowest BCUT2D eigenvalue weighted by molar-refractivity contribution is -0.138. The number of aryl methyl sites for hydroxylation is 1. The van der Waals surface area contributed by atoms with Gasteiger partial charge in [-0.15, -0.1) is 11.8 Å². The van der Waals surface area contributed by atoms with Crippen LogP contribution in [0.25, 0.3) is 0 Å². The van der Waals surface area contributed by atoms with Crippen molar-refractivity contribution >= 4 is 17.7 Å². The van der Waals surface area contributed by atoms with Gasteiger partial charge >= 0.3 is 5.97 Å². The second kappa shape index (κ2) is 7.15. The molecule has 2 rings (SSSR count). The van der Waals surface area contributed by atoms with Gasteiger partial charge in [0.1, 0.15) is 0 Å². The molecule has 0 aromatic heterocycles. The Hall–Kier alpha value is -1.74. The first-order valence-corrected chi connectivity index (χ1v) is 7.62. The van der Waals surface area contributed by atoms with E-state index in [0.29, 0.717) is 6.42 Å². The standard InChI is InChI=1S/C17H18O2S/c1-13-7-9-15(10-8-13)20-12-11-16(17(18)19)14-5-3-2-4-6-14/h2-10,16H,11-12H2,1H3,(H,18,19). The zero-order valence-electron chi connectivity index (χ0n) is 11.5. The van der Waals surface area contributed by atoms with Crippen LogP contribution in [0.4, 0.5) is 0 Å². The van der Waals surface area contributed by atoms with Crippen LogP contribution in [0.5, 0.6) is 0 Å². The summed E-state index contributed by atoms with van der Waals surface area (Å²) in [5, 5.41) is 9.35. The number of aliphatic carboxylic acids is 1. The average molecular weight is 286 g/mol. The van der Waals surface area contributed by atoms with E-state index in [1.54, 1.807) is 11.8 Å². The second-order valence-corrected chi connectivity index (χ2v) is 5.92. The zero-order chi connectivity index (χ0) is 14.4. The van der Waals surface area contributed by atoms with Crippen LogP contribution < -0.4 is 0 Å². The summed E-state index contributed by atoms with van der Waals surface area (Å²) in [6.45, 7) is 2.06. The van der Waals surface area contributed by atoms with Crippen molar-refractivity contribution in [2.75, 3.05) is 5.75 Å². The molecule has 2 aromatic carbocycles. The van der Waals surface area contributed by atoms with Crippen LogP contribution >= 0.6 is 11.8 Å². The van der Waals surface area contributed by atoms with Crippen LogP contribution in [0.15, 0.2) is 59.5 Å². The fourth-order valence-corrected chi connectivity index (χ4v) is 2.96. The van der Waals surface area contributed by atoms with Crippen molar-refractivity contribution < 1.29 is 9.90 Å². The van der Waals surface area contributed by atoms with Gasteiger partial charge in [0, 0.05) is 4.90 Å². The molecule has 0 radical (unpaired) electrons. The molecular weight excluding hydrogens is 268 g/mol. The highest BCUT2D eigenvalue weighted by Crippen LogP contribution is 2.25. The molecular formula is C17H18O2S. The molecule has 0 fully saturated rings. The van der Waals surface area contributed by atoms with Gasteiger partial charge in [-0.3, -0.25) is 4.79 Å². The maximum absolute atomic E-state index is 11.4. The number of hydrogen-bond donors (Lipinski definition) is 1. The molecule has 0 aliphatic rings. The van der Waals surface area contributed by atoms with Crippen molar-refractivity contribution in [3.05, 3.63) is 65.7 Å². The number of carboxylic acids is 1. The van der Waals surface area contributed by atoms with Gasteiger partial charge in [-0.25, -0.2) is 0 Å². The summed E-state index contributed by atoms with van der Waals surface area (Å²) in [4.78, 5) is 12.6. The summed E-state index contributed by atoms with van der Waals surface area (Å²) in [5.41, 5.74) is 2.12. The maximum Gasteiger partial charge on any atom is 0.311 e. The van der Waals surface area contributed by atoms with Crippen LogP contribution in [0.2, 0.25) is 0 Å². The Balaban J connectivity index is 1.93. The van der Waals surface area contributed by atoms with Gasteiger partial charge in [0.05, 0.1) is 5.92 Å². The number of hydrogen-bond acceptors (Lipinski definition) is 2. The first-order valence-electron chi connectivity index (χ1n) is 6.64. The largest absolute Gasteiger partial charge is 0.481 e. The van der Waals surface area contributed by atoms with Gasteiger partial charge in [0.2, 0.25) is 0 Å². The van der Waals surface area contributed by atoms with E-state index in [2.05, 4.69) is 31.2 Å². The molecule has 0 aliphatic carbocycles. The van der Waals surface area contributed by atoms with E-state index in [1.807, 2.05) is 30.3 Å². The van der Waals surface area contributed by atoms with Crippen molar-refractivity contribution in [2.45, 2.75) is 24.2 Å². The van der Waals surface area contributed by atoms with Crippen LogP contribution in [-0.4, -0.2) is 16.8 Å². The van der Waals surface area contributed by atoms with Gasteiger partial charge in [-0.1, -0.05) is 48.0 Å². The third-order valence-corrected chi connectivity index (χ3v) is 4.24. The zero-order valence-corrected chi connectivity index (χ0v) is 12.3. The fourth-order valence-electron chi connectivity index (χ4n) is 2.05. The van der Waals surface area contributed by atoms with E-state index in [0.717, 1.165) is 11.3 Å². The van der Waals surface area contributed by atoms with Crippen molar-refractivity contribution in [3.8, 4) is 0 Å². The minimum Gasteiger partial charge on any atom is -0.481 e. The first-order chi connectivity index (χ1) is 9.66. The lowest BCUT2D eigenvalue weighted by Crippen LogP contribution is -2.12. The van der Waals surface area contributed by atoms with Crippen molar-refractivity contribution in [3.63, 3.8) is 0 Å². The van der Waals surface area contributed by atoms with Gasteiger partial charge in [-0.05, 0) is 36.8 Å². The molecule has 20 heavy (non-hydrogen) atoms. The molecule has 0 spiro atoms. The molecule has 3 heteroatoms. The second-order valence-electron chi connectivity index (χ2n) is 4.75. The Morgan fingerprint density at radius 3 is 2.35 bits per heavy atom. The van der Waals surface area contributed by atoms with Gasteiger partial charge < -0.3 is 5.11 Å². The third kappa shape index (κ3) is 4.14. The Morgan fingerprint density at radius 1 is 1.10 bits per heavy atom. The summed E-state index contributed by atoms with van der Waals surface area (Å²) in [6, 6.07) is 17.8. The SMILES string of the molecule is Cc1ccc(SCCC(C(=O)O)c2ccccc2)cc1. The molecule has 1 unspecified atom stereocenters. The van der Waals surface area contributed by atoms with Crippen LogP contribution in [0, 0.1) is 6.92 Å². The van der Waals surface area contributed by atoms with Gasteiger partial charge in [0.25, 0.3) is 0 Å². The molecule has 0 saturated heterocycles. The lowest BCUT2D eigenvalue weighted by Gasteiger charge is -2.12. The number of thioether (sulfide) groups is 1. The van der Waals surface area contributed by atoms with E-state index >= 15 is 0 Å². The smallest absolute Gasteiger partial charge is 0.311 e. The van der Waals surface area contributed by atoms with E-state index in [-0.39, 0.29) is 0 Å². The van der Waals surface area contributed by atoms with Crippen LogP contribution in [-0.2, 0) is 4.79 Å². The minimum absolute atomic E-state index is 0.422. The van der Waals surface area contributed by atoms with Crippen molar-refractivity contribution in [1.29, 1.82) is 0 Å². The molecule has 0 amide bonds. The van der Waals surface area contributed by atoms with Gasteiger partial charge in [-0.2, -0.15) is 0 Å². The Labute approximate surface area is 123 Å². The Morgan fingerprint density at radius 2 is 1.75 bits per heavy atom. The van der Waals surface area contributed by atoms with Crippen molar-refractivity contribution in [2.24, 2.45) is 0 Å². The molecule has 1 atom stereocenters. The van der Waals surface area contributed by atoms with E-state index < -0.39 is 11.9 Å². The highest BCUT2D eigenvalue weighted by molar-refractivity contribution is 7.99. The highest BCUT2D eigenvalue weighted by atomic mass is 32.2. The predicted molar refractivity (Wildman–Crippen MR) is 83.3 cm³/mol. The Bertz CT molecular complexity index is 549. The summed E-state index contributed by atoms with van der Waals surface area (Å²) in [7, 11) is 0. The van der Waals surface area contributed by atoms with Crippen LogP contribution in [0.1, 0.15) is 23.5 Å². The lowest BCUT2D eigenvalue weighted by atomic mass is 9.97. The average Bonchev–Trinajstić information content (AvgIpc) is 2.46. The number of carboxylic acid groups (broad SMARTS) is 1. The quantitative estimate of drug-likeness (QED) is 0.802. The number of carbonyl (C=O) groups is 1. The van der Waals surface area contributed by atoms with E-state index in [9.17, 15) is 9.90 Å². The topological polar surface area (TPSA) is 37.3 Å². The monoisotopic (exact) mass is 286 g/mol. The predicted octanol–water partition coefficient (Wildman–Crippen LogP) is 4.35. The summed E-state index contributed by atoms with van der Waals surface area (Å²) in [5.74, 6) is -0.371. The van der Waals surface area contributed by atoms with E-state index in [4.69, 9.17) is 0 Å². The number of rotatable bonds is 6. The van der Waals surface area contributed by atoms with Crippen LogP contribution in [0.3, 0.4) is 0 Å². The minimum atomic E-state index is -0.749. The van der Waals surface area contributed by atoms with E-state index in [1.165, 1.54) is 10.5 Å². The maximum atomic E-state index is 11.4. The summed E-state index contributed by atoms with van der Waals surface area (Å²) in [6.07, 6.45) is 0.637. The summed E-state index contributed by atoms with van der Waals surface area (Å²) >= 11 is 1.71. The van der Waals surface area contributed by atoms with Crippen molar-refractivity contribution in [1.82, 2.24) is 0 Å². The molecule has 104 valence electrons. The Kier molecular flexibility index (Phi) is 5.24. The van der Waals surface area contributed by atoms with Gasteiger partial charge in [0.15, 0.2) is 0 Å². The molecule has 2 aromatic rings. The highest BCUT2D eigenvalue weighted by Gasteiger charge is 2.18. The molecule has 2 nitrogen and oxygen atoms in total. The summed E-state index contributed by atoms with van der Waals surface area (Å²) < 4.78 is 0. The normalized spacial score (nSPS) is 12.1. The molecule has 0 aliphatic heterocycles. The molecule has 0 bridgehead atoms. The fraction of sp³-hybridized carbons (Fsp3) is 0.235.